The number of hydrogen-bond donors (Lipinski definition) is 1. The second-order valence-corrected chi connectivity index (χ2v) is 5.30. The molecule has 0 spiro atoms. The van der Waals surface area contributed by atoms with E-state index in [1.165, 1.54) is 18.0 Å². The van der Waals surface area contributed by atoms with Gasteiger partial charge in [0.05, 0.1) is 0 Å². The van der Waals surface area contributed by atoms with Crippen LogP contribution in [-0.4, -0.2) is 27.8 Å². The van der Waals surface area contributed by atoms with E-state index >= 15 is 0 Å². The summed E-state index contributed by atoms with van der Waals surface area (Å²) < 4.78 is 0. The van der Waals surface area contributed by atoms with Crippen LogP contribution in [-0.2, 0) is 9.59 Å². The van der Waals surface area contributed by atoms with Gasteiger partial charge in [0.25, 0.3) is 5.56 Å². The molecule has 90 valence electrons. The van der Waals surface area contributed by atoms with E-state index in [9.17, 15) is 14.4 Å². The number of hydrogen-bond acceptors (Lipinski definition) is 4. The number of thioether (sulfide) groups is 1. The topological polar surface area (TPSA) is 70.2 Å². The van der Waals surface area contributed by atoms with Gasteiger partial charge in [-0.15, -0.1) is 0 Å². The number of pyridine rings is 1. The maximum absolute atomic E-state index is 11.8. The predicted octanol–water partition coefficient (Wildman–Crippen LogP) is 0.760. The molecule has 0 aromatic carbocycles. The third-order valence-corrected chi connectivity index (χ3v) is 3.49. The number of nitrogens with one attached hydrogen (secondary N) is 1. The Bertz CT molecular complexity index is 511. The van der Waals surface area contributed by atoms with Crippen LogP contribution in [0.3, 0.4) is 0 Å². The molecule has 6 heteroatoms. The van der Waals surface area contributed by atoms with Crippen molar-refractivity contribution < 1.29 is 9.59 Å². The average Bonchev–Trinajstić information content (AvgIpc) is 2.59. The summed E-state index contributed by atoms with van der Waals surface area (Å²) >= 11 is 1.16. The Hall–Kier alpha value is -1.56. The quantitative estimate of drug-likeness (QED) is 0.843. The number of amides is 1. The van der Waals surface area contributed by atoms with Gasteiger partial charge in [0, 0.05) is 31.3 Å². The summed E-state index contributed by atoms with van der Waals surface area (Å²) in [6.07, 6.45) is 1.83. The molecule has 1 aliphatic rings. The van der Waals surface area contributed by atoms with Crippen LogP contribution in [0.4, 0.5) is 5.69 Å². The minimum atomic E-state index is -0.283. The first kappa shape index (κ1) is 11.9. The number of H-pyrrole nitrogens is 1. The van der Waals surface area contributed by atoms with Gasteiger partial charge in [-0.3, -0.25) is 14.4 Å². The molecular weight excluding hydrogens is 240 g/mol. The highest BCUT2D eigenvalue weighted by molar-refractivity contribution is 8.14. The van der Waals surface area contributed by atoms with E-state index in [2.05, 4.69) is 4.98 Å². The van der Waals surface area contributed by atoms with Gasteiger partial charge >= 0.3 is 0 Å². The molecular formula is C11H12N2O3S. The maximum Gasteiger partial charge on any atom is 0.271 e. The van der Waals surface area contributed by atoms with Gasteiger partial charge < -0.3 is 9.88 Å². The Morgan fingerprint density at radius 2 is 2.29 bits per heavy atom. The number of rotatable bonds is 2. The van der Waals surface area contributed by atoms with Crippen molar-refractivity contribution in [3.8, 4) is 0 Å². The lowest BCUT2D eigenvalue weighted by molar-refractivity contribution is -0.117. The lowest BCUT2D eigenvalue weighted by Gasteiger charge is -2.14. The van der Waals surface area contributed by atoms with Gasteiger partial charge in [-0.25, -0.2) is 0 Å². The highest BCUT2D eigenvalue weighted by atomic mass is 32.2. The van der Waals surface area contributed by atoms with Gasteiger partial charge in [-0.05, 0) is 12.1 Å². The van der Waals surface area contributed by atoms with E-state index in [-0.39, 0.29) is 21.8 Å². The molecule has 0 bridgehead atoms. The fourth-order valence-corrected chi connectivity index (χ4v) is 2.77. The molecule has 0 saturated carbocycles. The van der Waals surface area contributed by atoms with Gasteiger partial charge in [0.15, 0.2) is 5.12 Å². The largest absolute Gasteiger partial charge is 0.327 e. The fraction of sp³-hybridized carbons (Fsp3) is 0.364. The molecule has 2 heterocycles. The van der Waals surface area contributed by atoms with Crippen molar-refractivity contribution in [1.29, 1.82) is 0 Å². The van der Waals surface area contributed by atoms with Gasteiger partial charge in [-0.1, -0.05) is 11.8 Å². The normalized spacial score (nSPS) is 19.7. The lowest BCUT2D eigenvalue weighted by Crippen LogP contribution is -2.30. The zero-order chi connectivity index (χ0) is 12.4. The zero-order valence-electron chi connectivity index (χ0n) is 9.30. The molecule has 1 fully saturated rings. The second-order valence-electron chi connectivity index (χ2n) is 3.82. The summed E-state index contributed by atoms with van der Waals surface area (Å²) in [5, 5.41) is -0.0637. The standard InChI is InChI=1S/C11H12N2O3S/c1-7(14)17-8-5-10(15)13(6-8)9-3-2-4-12-11(9)16/h2-4,8H,5-6H2,1H3,(H,12,16). The van der Waals surface area contributed by atoms with Crippen molar-refractivity contribution in [3.05, 3.63) is 28.7 Å². The van der Waals surface area contributed by atoms with Crippen LogP contribution < -0.4 is 10.5 Å². The number of nitrogens with zero attached hydrogens (tertiary/aromatic N) is 1. The maximum atomic E-state index is 11.8. The average molecular weight is 252 g/mol. The van der Waals surface area contributed by atoms with E-state index in [4.69, 9.17) is 0 Å². The summed E-state index contributed by atoms with van der Waals surface area (Å²) in [7, 11) is 0. The van der Waals surface area contributed by atoms with Crippen LogP contribution in [0.2, 0.25) is 0 Å². The molecule has 0 radical (unpaired) electrons. The Kier molecular flexibility index (Phi) is 3.33. The highest BCUT2D eigenvalue weighted by Gasteiger charge is 2.32. The Morgan fingerprint density at radius 1 is 1.53 bits per heavy atom. The van der Waals surface area contributed by atoms with Crippen LogP contribution in [0.5, 0.6) is 0 Å². The first-order valence-corrected chi connectivity index (χ1v) is 6.11. The molecule has 1 atom stereocenters. The lowest BCUT2D eigenvalue weighted by atomic mass is 10.4. The summed E-state index contributed by atoms with van der Waals surface area (Å²) in [5.41, 5.74) is 0.0680. The van der Waals surface area contributed by atoms with E-state index in [0.717, 1.165) is 11.8 Å². The number of aromatic amines is 1. The van der Waals surface area contributed by atoms with Crippen LogP contribution in [0.15, 0.2) is 23.1 Å². The molecule has 1 aromatic rings. The monoisotopic (exact) mass is 252 g/mol. The van der Waals surface area contributed by atoms with Crippen LogP contribution in [0, 0.1) is 0 Å². The third kappa shape index (κ3) is 2.58. The second kappa shape index (κ2) is 4.75. The van der Waals surface area contributed by atoms with Crippen LogP contribution >= 0.6 is 11.8 Å². The molecule has 1 N–H and O–H groups in total. The van der Waals surface area contributed by atoms with Crippen molar-refractivity contribution >= 4 is 28.5 Å². The van der Waals surface area contributed by atoms with Crippen molar-refractivity contribution in [2.75, 3.05) is 11.4 Å². The van der Waals surface area contributed by atoms with E-state index < -0.39 is 0 Å². The molecule has 1 amide bonds. The number of anilines is 1. The van der Waals surface area contributed by atoms with Crippen molar-refractivity contribution in [3.63, 3.8) is 0 Å². The molecule has 17 heavy (non-hydrogen) atoms. The molecule has 0 aliphatic carbocycles. The Balaban J connectivity index is 2.19. The van der Waals surface area contributed by atoms with E-state index in [1.54, 1.807) is 12.1 Å². The molecule has 1 unspecified atom stereocenters. The van der Waals surface area contributed by atoms with Crippen LogP contribution in [0.1, 0.15) is 13.3 Å². The van der Waals surface area contributed by atoms with Gasteiger partial charge in [0.2, 0.25) is 5.91 Å². The minimum absolute atomic E-state index is 0.00776. The molecule has 1 aromatic heterocycles. The number of carbonyl (C=O) groups is 2. The van der Waals surface area contributed by atoms with Crippen LogP contribution in [0.25, 0.3) is 0 Å². The number of carbonyl (C=O) groups excluding carboxylic acids is 2. The summed E-state index contributed by atoms with van der Waals surface area (Å²) in [4.78, 5) is 38.3. The molecule has 2 rings (SSSR count). The highest BCUT2D eigenvalue weighted by Crippen LogP contribution is 2.26. The predicted molar refractivity (Wildman–Crippen MR) is 66.1 cm³/mol. The third-order valence-electron chi connectivity index (χ3n) is 2.51. The molecule has 5 nitrogen and oxygen atoms in total. The van der Waals surface area contributed by atoms with E-state index in [1.807, 2.05) is 0 Å². The van der Waals surface area contributed by atoms with E-state index in [0.29, 0.717) is 18.7 Å². The summed E-state index contributed by atoms with van der Waals surface area (Å²) in [5.74, 6) is -0.111. The van der Waals surface area contributed by atoms with Gasteiger partial charge in [-0.2, -0.15) is 0 Å². The number of aromatic nitrogens is 1. The smallest absolute Gasteiger partial charge is 0.271 e. The summed E-state index contributed by atoms with van der Waals surface area (Å²) in [6, 6.07) is 3.28. The van der Waals surface area contributed by atoms with Crippen molar-refractivity contribution in [1.82, 2.24) is 4.98 Å². The Labute approximate surface area is 102 Å². The summed E-state index contributed by atoms with van der Waals surface area (Å²) in [6.45, 7) is 1.89. The first-order valence-electron chi connectivity index (χ1n) is 5.23. The fourth-order valence-electron chi connectivity index (χ4n) is 1.85. The van der Waals surface area contributed by atoms with Crippen molar-refractivity contribution in [2.24, 2.45) is 0 Å². The SMILES string of the molecule is CC(=O)SC1CC(=O)N(c2ccc[nH]c2=O)C1. The first-order chi connectivity index (χ1) is 8.08. The Morgan fingerprint density at radius 3 is 2.94 bits per heavy atom. The minimum Gasteiger partial charge on any atom is -0.327 e. The molecule has 1 aliphatic heterocycles. The molecule has 1 saturated heterocycles. The van der Waals surface area contributed by atoms with Crippen molar-refractivity contribution in [2.45, 2.75) is 18.6 Å². The zero-order valence-corrected chi connectivity index (χ0v) is 10.1. The van der Waals surface area contributed by atoms with Gasteiger partial charge in [0.1, 0.15) is 5.69 Å².